The molecule has 0 radical (unpaired) electrons. The van der Waals surface area contributed by atoms with Gasteiger partial charge >= 0.3 is 0 Å². The van der Waals surface area contributed by atoms with Gasteiger partial charge in [0, 0.05) is 36.7 Å². The first-order valence-corrected chi connectivity index (χ1v) is 12.4. The van der Waals surface area contributed by atoms with Gasteiger partial charge < -0.3 is 14.8 Å². The molecule has 4 aromatic rings. The lowest BCUT2D eigenvalue weighted by Crippen LogP contribution is -2.33. The second-order valence-electron chi connectivity index (χ2n) is 9.35. The van der Waals surface area contributed by atoms with Gasteiger partial charge in [0.25, 0.3) is 11.5 Å². The number of carbonyl (C=O) groups excluding carboxylic acids is 1. The van der Waals surface area contributed by atoms with E-state index in [-0.39, 0.29) is 22.7 Å². The third-order valence-electron chi connectivity index (χ3n) is 7.02. The number of aromatic nitrogens is 4. The number of carbonyl (C=O) groups is 1. The molecule has 0 saturated carbocycles. The predicted octanol–water partition coefficient (Wildman–Crippen LogP) is 3.86. The molecule has 2 aromatic heterocycles. The van der Waals surface area contributed by atoms with Gasteiger partial charge in [0.2, 0.25) is 0 Å². The molecule has 0 aliphatic carbocycles. The number of rotatable bonds is 7. The van der Waals surface area contributed by atoms with Crippen LogP contribution in [0.1, 0.15) is 30.6 Å². The molecular weight excluding hydrogens is 478 g/mol. The molecule has 192 valence electrons. The molecule has 3 heterocycles. The zero-order valence-electron chi connectivity index (χ0n) is 20.7. The average Bonchev–Trinajstić information content (AvgIpc) is 3.58. The number of nitrogens with one attached hydrogen (secondary N) is 1. The SMILES string of the molecule is CCN(CC)CC1CCN(C(=O)c2ccc(-n3cc(-c4cc5cc(F)c(F)cc5[nH]c4=O)nn3)cc2)C1. The molecule has 5 rings (SSSR count). The highest BCUT2D eigenvalue weighted by atomic mass is 19.2. The van der Waals surface area contributed by atoms with Crippen molar-refractivity contribution in [3.05, 3.63) is 76.2 Å². The van der Waals surface area contributed by atoms with E-state index in [2.05, 4.69) is 34.0 Å². The number of hydrogen-bond donors (Lipinski definition) is 1. The van der Waals surface area contributed by atoms with Crippen molar-refractivity contribution in [1.29, 1.82) is 0 Å². The summed E-state index contributed by atoms with van der Waals surface area (Å²) in [6.45, 7) is 8.88. The van der Waals surface area contributed by atoms with Crippen molar-refractivity contribution in [2.24, 2.45) is 5.92 Å². The van der Waals surface area contributed by atoms with Crippen LogP contribution in [0.4, 0.5) is 8.78 Å². The van der Waals surface area contributed by atoms with Crippen LogP contribution >= 0.6 is 0 Å². The minimum absolute atomic E-state index is 0.0132. The molecule has 0 spiro atoms. The topological polar surface area (TPSA) is 87.1 Å². The molecule has 1 amide bonds. The molecule has 1 unspecified atom stereocenters. The summed E-state index contributed by atoms with van der Waals surface area (Å²) in [4.78, 5) is 32.4. The maximum absolute atomic E-state index is 13.7. The predicted molar refractivity (Wildman–Crippen MR) is 137 cm³/mol. The summed E-state index contributed by atoms with van der Waals surface area (Å²) in [5.41, 5.74) is 1.44. The zero-order chi connectivity index (χ0) is 26.1. The number of benzene rings is 2. The number of nitrogens with zero attached hydrogens (tertiary/aromatic N) is 5. The Kier molecular flexibility index (Phi) is 6.84. The number of H-pyrrole nitrogens is 1. The molecular formula is C27H28F2N6O2. The lowest BCUT2D eigenvalue weighted by atomic mass is 10.1. The first kappa shape index (κ1) is 24.8. The summed E-state index contributed by atoms with van der Waals surface area (Å²) in [7, 11) is 0. The molecule has 0 bridgehead atoms. The van der Waals surface area contributed by atoms with Crippen molar-refractivity contribution < 1.29 is 13.6 Å². The molecule has 1 atom stereocenters. The Hall–Kier alpha value is -3.92. The van der Waals surface area contributed by atoms with E-state index in [9.17, 15) is 18.4 Å². The van der Waals surface area contributed by atoms with E-state index < -0.39 is 17.2 Å². The molecule has 1 aliphatic heterocycles. The molecule has 1 N–H and O–H groups in total. The summed E-state index contributed by atoms with van der Waals surface area (Å²) in [6.07, 6.45) is 2.59. The molecule has 1 saturated heterocycles. The van der Waals surface area contributed by atoms with Crippen molar-refractivity contribution in [2.45, 2.75) is 20.3 Å². The van der Waals surface area contributed by atoms with Crippen LogP contribution in [0, 0.1) is 17.6 Å². The van der Waals surface area contributed by atoms with Gasteiger partial charge in [0.05, 0.1) is 23.0 Å². The fourth-order valence-electron chi connectivity index (χ4n) is 4.86. The Morgan fingerprint density at radius 3 is 2.57 bits per heavy atom. The highest BCUT2D eigenvalue weighted by Gasteiger charge is 2.27. The van der Waals surface area contributed by atoms with Gasteiger partial charge in [0.15, 0.2) is 11.6 Å². The number of fused-ring (bicyclic) bond motifs is 1. The third kappa shape index (κ3) is 5.01. The van der Waals surface area contributed by atoms with Crippen LogP contribution in [0.15, 0.2) is 53.5 Å². The van der Waals surface area contributed by atoms with Crippen LogP contribution in [0.25, 0.3) is 27.8 Å². The summed E-state index contributed by atoms with van der Waals surface area (Å²) < 4.78 is 28.7. The summed E-state index contributed by atoms with van der Waals surface area (Å²) in [5.74, 6) is -1.53. The number of pyridine rings is 1. The summed E-state index contributed by atoms with van der Waals surface area (Å²) in [5, 5.41) is 8.52. The lowest BCUT2D eigenvalue weighted by Gasteiger charge is -2.22. The number of aromatic amines is 1. The van der Waals surface area contributed by atoms with Gasteiger partial charge in [-0.05, 0) is 61.8 Å². The summed E-state index contributed by atoms with van der Waals surface area (Å²) >= 11 is 0. The number of likely N-dealkylation sites (tertiary alicyclic amines) is 1. The van der Waals surface area contributed by atoms with E-state index >= 15 is 0 Å². The molecule has 2 aromatic carbocycles. The van der Waals surface area contributed by atoms with Crippen LogP contribution in [0.5, 0.6) is 0 Å². The van der Waals surface area contributed by atoms with E-state index in [0.29, 0.717) is 22.6 Å². The Morgan fingerprint density at radius 2 is 1.84 bits per heavy atom. The largest absolute Gasteiger partial charge is 0.338 e. The highest BCUT2D eigenvalue weighted by Crippen LogP contribution is 2.23. The van der Waals surface area contributed by atoms with Crippen molar-refractivity contribution in [3.8, 4) is 16.9 Å². The summed E-state index contributed by atoms with van der Waals surface area (Å²) in [6, 6.07) is 10.5. The van der Waals surface area contributed by atoms with Crippen molar-refractivity contribution >= 4 is 16.8 Å². The highest BCUT2D eigenvalue weighted by molar-refractivity contribution is 5.94. The minimum Gasteiger partial charge on any atom is -0.338 e. The van der Waals surface area contributed by atoms with E-state index in [1.165, 1.54) is 10.7 Å². The molecule has 10 heteroatoms. The number of amides is 1. The maximum atomic E-state index is 13.7. The smallest absolute Gasteiger partial charge is 0.258 e. The number of hydrogen-bond acceptors (Lipinski definition) is 5. The molecule has 1 aliphatic rings. The van der Waals surface area contributed by atoms with Crippen molar-refractivity contribution in [1.82, 2.24) is 29.8 Å². The molecule has 8 nitrogen and oxygen atoms in total. The van der Waals surface area contributed by atoms with E-state index in [1.54, 1.807) is 30.5 Å². The van der Waals surface area contributed by atoms with Crippen LogP contribution in [0.2, 0.25) is 0 Å². The maximum Gasteiger partial charge on any atom is 0.258 e. The van der Waals surface area contributed by atoms with Gasteiger partial charge in [-0.2, -0.15) is 0 Å². The first-order chi connectivity index (χ1) is 17.9. The Bertz CT molecular complexity index is 1490. The van der Waals surface area contributed by atoms with E-state index in [1.807, 2.05) is 4.90 Å². The zero-order valence-corrected chi connectivity index (χ0v) is 20.7. The van der Waals surface area contributed by atoms with Crippen LogP contribution in [0.3, 0.4) is 0 Å². The minimum atomic E-state index is -1.03. The van der Waals surface area contributed by atoms with Crippen LogP contribution in [-0.4, -0.2) is 68.4 Å². The van der Waals surface area contributed by atoms with Crippen molar-refractivity contribution in [3.63, 3.8) is 0 Å². The Labute approximate surface area is 212 Å². The molecule has 1 fully saturated rings. The fourth-order valence-corrected chi connectivity index (χ4v) is 4.86. The van der Waals surface area contributed by atoms with Crippen molar-refractivity contribution in [2.75, 3.05) is 32.7 Å². The monoisotopic (exact) mass is 506 g/mol. The van der Waals surface area contributed by atoms with E-state index in [4.69, 9.17) is 0 Å². The van der Waals surface area contributed by atoms with Gasteiger partial charge in [-0.1, -0.05) is 19.1 Å². The number of halogens is 2. The lowest BCUT2D eigenvalue weighted by molar-refractivity contribution is 0.0784. The first-order valence-electron chi connectivity index (χ1n) is 12.4. The van der Waals surface area contributed by atoms with Gasteiger partial charge in [-0.15, -0.1) is 5.10 Å². The Morgan fingerprint density at radius 1 is 1.11 bits per heavy atom. The standard InChI is InChI=1S/C27H28F2N6O2/c1-3-33(4-2)14-17-9-10-34(15-17)27(37)18-5-7-20(8-6-18)35-16-25(31-32-35)21-11-19-12-22(28)23(29)13-24(19)30-26(21)36/h5-8,11-13,16-17H,3-4,9-10,14-15H2,1-2H3,(H,30,36). The quantitative estimate of drug-likeness (QED) is 0.411. The second kappa shape index (κ2) is 10.2. The van der Waals surface area contributed by atoms with Crippen LogP contribution in [-0.2, 0) is 0 Å². The fraction of sp³-hybridized carbons (Fsp3) is 0.333. The average molecular weight is 507 g/mol. The van der Waals surface area contributed by atoms with Gasteiger partial charge in [-0.3, -0.25) is 9.59 Å². The Balaban J connectivity index is 1.31. The van der Waals surface area contributed by atoms with E-state index in [0.717, 1.165) is 51.3 Å². The second-order valence-corrected chi connectivity index (χ2v) is 9.35. The third-order valence-corrected chi connectivity index (χ3v) is 7.02. The molecule has 37 heavy (non-hydrogen) atoms. The van der Waals surface area contributed by atoms with Crippen LogP contribution < -0.4 is 5.56 Å². The normalized spacial score (nSPS) is 15.7. The van der Waals surface area contributed by atoms with Gasteiger partial charge in [0.1, 0.15) is 5.69 Å². The van der Waals surface area contributed by atoms with Gasteiger partial charge in [-0.25, -0.2) is 13.5 Å².